The van der Waals surface area contributed by atoms with Crippen molar-refractivity contribution < 1.29 is 0 Å². The minimum absolute atomic E-state index is 0.0514. The SMILES string of the molecule is CC1CCN(C(c2ccc(Cl)cc2)c2nnnn2CCc2ccccc2)CC1. The van der Waals surface area contributed by atoms with E-state index in [0.717, 1.165) is 42.8 Å². The van der Waals surface area contributed by atoms with Gasteiger partial charge in [0.25, 0.3) is 0 Å². The Morgan fingerprint density at radius 2 is 1.75 bits per heavy atom. The van der Waals surface area contributed by atoms with E-state index in [9.17, 15) is 0 Å². The second-order valence-electron chi connectivity index (χ2n) is 7.67. The predicted octanol–water partition coefficient (Wildman–Crippen LogP) is 4.39. The van der Waals surface area contributed by atoms with Gasteiger partial charge in [0, 0.05) is 11.6 Å². The van der Waals surface area contributed by atoms with E-state index in [0.29, 0.717) is 0 Å². The summed E-state index contributed by atoms with van der Waals surface area (Å²) in [5, 5.41) is 13.5. The third-order valence-electron chi connectivity index (χ3n) is 5.63. The summed E-state index contributed by atoms with van der Waals surface area (Å²) in [6.07, 6.45) is 3.31. The molecular weight excluding hydrogens is 370 g/mol. The van der Waals surface area contributed by atoms with Crippen molar-refractivity contribution in [3.63, 3.8) is 0 Å². The van der Waals surface area contributed by atoms with Gasteiger partial charge in [-0.2, -0.15) is 0 Å². The van der Waals surface area contributed by atoms with Crippen LogP contribution in [-0.4, -0.2) is 38.2 Å². The maximum atomic E-state index is 6.14. The Morgan fingerprint density at radius 3 is 2.46 bits per heavy atom. The van der Waals surface area contributed by atoms with Crippen LogP contribution >= 0.6 is 11.6 Å². The first kappa shape index (κ1) is 19.1. The summed E-state index contributed by atoms with van der Waals surface area (Å²) in [6, 6.07) is 18.6. The van der Waals surface area contributed by atoms with E-state index in [1.165, 1.54) is 24.0 Å². The monoisotopic (exact) mass is 395 g/mol. The number of halogens is 1. The summed E-state index contributed by atoms with van der Waals surface area (Å²) in [5.74, 6) is 1.68. The number of nitrogens with zero attached hydrogens (tertiary/aromatic N) is 5. The average molecular weight is 396 g/mol. The fraction of sp³-hybridized carbons (Fsp3) is 0.409. The van der Waals surface area contributed by atoms with Crippen molar-refractivity contribution in [3.8, 4) is 0 Å². The van der Waals surface area contributed by atoms with Crippen LogP contribution in [0.3, 0.4) is 0 Å². The molecule has 0 amide bonds. The van der Waals surface area contributed by atoms with Crippen LogP contribution in [0.5, 0.6) is 0 Å². The van der Waals surface area contributed by atoms with E-state index in [2.05, 4.69) is 63.7 Å². The quantitative estimate of drug-likeness (QED) is 0.621. The van der Waals surface area contributed by atoms with E-state index in [-0.39, 0.29) is 6.04 Å². The molecule has 4 rings (SSSR count). The molecule has 28 heavy (non-hydrogen) atoms. The molecule has 1 aromatic heterocycles. The topological polar surface area (TPSA) is 46.8 Å². The Hall–Kier alpha value is -2.24. The molecule has 0 bridgehead atoms. The number of piperidine rings is 1. The highest BCUT2D eigenvalue weighted by molar-refractivity contribution is 6.30. The minimum atomic E-state index is 0.0514. The van der Waals surface area contributed by atoms with Crippen LogP contribution in [0.1, 0.15) is 42.8 Å². The van der Waals surface area contributed by atoms with Gasteiger partial charge in [-0.15, -0.1) is 5.10 Å². The highest BCUT2D eigenvalue weighted by Gasteiger charge is 2.30. The normalized spacial score (nSPS) is 16.9. The van der Waals surface area contributed by atoms with Crippen LogP contribution in [0, 0.1) is 5.92 Å². The Bertz CT molecular complexity index is 869. The summed E-state index contributed by atoms with van der Waals surface area (Å²) < 4.78 is 1.96. The van der Waals surface area contributed by atoms with Crippen molar-refractivity contribution >= 4 is 11.6 Å². The Labute approximate surface area is 171 Å². The molecule has 2 aromatic carbocycles. The van der Waals surface area contributed by atoms with E-state index >= 15 is 0 Å². The minimum Gasteiger partial charge on any atom is -0.290 e. The van der Waals surface area contributed by atoms with Crippen LogP contribution in [0.4, 0.5) is 0 Å². The molecule has 5 nitrogen and oxygen atoms in total. The van der Waals surface area contributed by atoms with E-state index in [1.54, 1.807) is 0 Å². The van der Waals surface area contributed by atoms with E-state index in [1.807, 2.05) is 22.9 Å². The molecule has 1 aliphatic heterocycles. The molecule has 1 fully saturated rings. The van der Waals surface area contributed by atoms with Gasteiger partial charge >= 0.3 is 0 Å². The first-order valence-electron chi connectivity index (χ1n) is 10.00. The van der Waals surface area contributed by atoms with Gasteiger partial charge in [0.15, 0.2) is 5.82 Å². The first-order chi connectivity index (χ1) is 13.7. The van der Waals surface area contributed by atoms with E-state index in [4.69, 9.17) is 11.6 Å². The second kappa shape index (κ2) is 8.84. The lowest BCUT2D eigenvalue weighted by atomic mass is 9.95. The molecular formula is C22H26ClN5. The number of benzene rings is 2. The summed E-state index contributed by atoms with van der Waals surface area (Å²) in [7, 11) is 0. The van der Waals surface area contributed by atoms with Crippen molar-refractivity contribution in [2.24, 2.45) is 5.92 Å². The van der Waals surface area contributed by atoms with Gasteiger partial charge < -0.3 is 0 Å². The lowest BCUT2D eigenvalue weighted by Crippen LogP contribution is -2.38. The highest BCUT2D eigenvalue weighted by atomic mass is 35.5. The van der Waals surface area contributed by atoms with Crippen LogP contribution in [0.25, 0.3) is 0 Å². The third-order valence-corrected chi connectivity index (χ3v) is 5.88. The van der Waals surface area contributed by atoms with Crippen LogP contribution in [-0.2, 0) is 13.0 Å². The fourth-order valence-electron chi connectivity index (χ4n) is 3.90. The van der Waals surface area contributed by atoms with Gasteiger partial charge in [-0.25, -0.2) is 4.68 Å². The summed E-state index contributed by atoms with van der Waals surface area (Å²) >= 11 is 6.14. The molecule has 0 saturated carbocycles. The van der Waals surface area contributed by atoms with E-state index < -0.39 is 0 Å². The molecule has 1 atom stereocenters. The molecule has 1 aliphatic rings. The Balaban J connectivity index is 1.61. The smallest absolute Gasteiger partial charge is 0.173 e. The van der Waals surface area contributed by atoms with Gasteiger partial charge in [0.05, 0.1) is 6.04 Å². The molecule has 146 valence electrons. The number of hydrogen-bond donors (Lipinski definition) is 0. The van der Waals surface area contributed by atoms with Crippen LogP contribution in [0.15, 0.2) is 54.6 Å². The fourth-order valence-corrected chi connectivity index (χ4v) is 4.03. The zero-order valence-electron chi connectivity index (χ0n) is 16.2. The molecule has 1 saturated heterocycles. The van der Waals surface area contributed by atoms with Gasteiger partial charge in [-0.05, 0) is 72.0 Å². The molecule has 0 aliphatic carbocycles. The van der Waals surface area contributed by atoms with Gasteiger partial charge in [-0.1, -0.05) is 61.0 Å². The third kappa shape index (κ3) is 4.42. The second-order valence-corrected chi connectivity index (χ2v) is 8.10. The number of likely N-dealkylation sites (tertiary alicyclic amines) is 1. The number of aryl methyl sites for hydroxylation is 2. The summed E-state index contributed by atoms with van der Waals surface area (Å²) in [5.41, 5.74) is 2.48. The van der Waals surface area contributed by atoms with Crippen molar-refractivity contribution in [2.45, 2.75) is 38.8 Å². The molecule has 0 radical (unpaired) electrons. The molecule has 1 unspecified atom stereocenters. The Kier molecular flexibility index (Phi) is 6.03. The van der Waals surface area contributed by atoms with Crippen LogP contribution < -0.4 is 0 Å². The van der Waals surface area contributed by atoms with Crippen molar-refractivity contribution in [3.05, 3.63) is 76.6 Å². The molecule has 6 heteroatoms. The number of aromatic nitrogens is 4. The maximum Gasteiger partial charge on any atom is 0.173 e. The van der Waals surface area contributed by atoms with Crippen LogP contribution in [0.2, 0.25) is 5.02 Å². The van der Waals surface area contributed by atoms with Gasteiger partial charge in [-0.3, -0.25) is 4.90 Å². The number of hydrogen-bond acceptors (Lipinski definition) is 4. The average Bonchev–Trinajstić information content (AvgIpc) is 3.18. The number of rotatable bonds is 6. The van der Waals surface area contributed by atoms with Crippen molar-refractivity contribution in [1.29, 1.82) is 0 Å². The lowest BCUT2D eigenvalue weighted by molar-refractivity contribution is 0.150. The largest absolute Gasteiger partial charge is 0.290 e. The van der Waals surface area contributed by atoms with Gasteiger partial charge in [0.1, 0.15) is 0 Å². The number of tetrazole rings is 1. The summed E-state index contributed by atoms with van der Waals surface area (Å²) in [4.78, 5) is 2.51. The summed E-state index contributed by atoms with van der Waals surface area (Å²) in [6.45, 7) is 5.21. The Morgan fingerprint density at radius 1 is 1.04 bits per heavy atom. The molecule has 2 heterocycles. The predicted molar refractivity (Wildman–Crippen MR) is 111 cm³/mol. The van der Waals surface area contributed by atoms with Crippen molar-refractivity contribution in [2.75, 3.05) is 13.1 Å². The zero-order chi connectivity index (χ0) is 19.3. The molecule has 0 N–H and O–H groups in total. The maximum absolute atomic E-state index is 6.14. The highest BCUT2D eigenvalue weighted by Crippen LogP contribution is 2.31. The molecule has 0 spiro atoms. The molecule has 3 aromatic rings. The van der Waals surface area contributed by atoms with Crippen molar-refractivity contribution in [1.82, 2.24) is 25.1 Å². The zero-order valence-corrected chi connectivity index (χ0v) is 17.0. The standard InChI is InChI=1S/C22H26ClN5/c1-17-11-14-27(15-12-17)21(19-7-9-20(23)10-8-19)22-24-25-26-28(22)16-13-18-5-3-2-4-6-18/h2-10,17,21H,11-16H2,1H3. The first-order valence-corrected chi connectivity index (χ1v) is 10.4. The van der Waals surface area contributed by atoms with Gasteiger partial charge in [0.2, 0.25) is 0 Å². The lowest BCUT2D eigenvalue weighted by Gasteiger charge is -2.36.